The molecule has 0 aliphatic rings. The first-order valence-electron chi connectivity index (χ1n) is 7.35. The summed E-state index contributed by atoms with van der Waals surface area (Å²) in [4.78, 5) is 4.35. The summed E-state index contributed by atoms with van der Waals surface area (Å²) in [6.07, 6.45) is 7.05. The smallest absolute Gasteiger partial charge is 0.0834 e. The molecule has 0 spiro atoms. The first-order valence-corrected chi connectivity index (χ1v) is 7.35. The van der Waals surface area contributed by atoms with Gasteiger partial charge in [-0.2, -0.15) is 0 Å². The summed E-state index contributed by atoms with van der Waals surface area (Å²) in [7, 11) is 0. The summed E-state index contributed by atoms with van der Waals surface area (Å²) >= 11 is 0. The summed E-state index contributed by atoms with van der Waals surface area (Å²) in [6, 6.07) is 0. The van der Waals surface area contributed by atoms with Crippen LogP contribution in [0.3, 0.4) is 0 Å². The number of hydrogen-bond donors (Lipinski definition) is 1. The van der Waals surface area contributed by atoms with E-state index in [-0.39, 0.29) is 0 Å². The zero-order valence-electron chi connectivity index (χ0n) is 14.2. The highest BCUT2D eigenvalue weighted by atomic mass is 16.3. The van der Waals surface area contributed by atoms with Crippen LogP contribution < -0.4 is 0 Å². The van der Waals surface area contributed by atoms with Crippen LogP contribution in [0.5, 0.6) is 0 Å². The van der Waals surface area contributed by atoms with Gasteiger partial charge in [-0.1, -0.05) is 45.7 Å². The molecule has 0 saturated carbocycles. The van der Waals surface area contributed by atoms with Gasteiger partial charge in [-0.05, 0) is 55.9 Å². The van der Waals surface area contributed by atoms with Crippen LogP contribution in [-0.4, -0.2) is 16.4 Å². The van der Waals surface area contributed by atoms with Crippen LogP contribution in [0.4, 0.5) is 0 Å². The number of aliphatic hydroxyl groups is 1. The van der Waals surface area contributed by atoms with Crippen molar-refractivity contribution in [3.8, 4) is 0 Å². The molecule has 0 aromatic rings. The second-order valence-corrected chi connectivity index (χ2v) is 5.51. The lowest BCUT2D eigenvalue weighted by atomic mass is 9.93. The summed E-state index contributed by atoms with van der Waals surface area (Å²) in [6.45, 7) is 21.3. The molecule has 0 rings (SSSR count). The van der Waals surface area contributed by atoms with Gasteiger partial charge in [-0.3, -0.25) is 4.99 Å². The minimum atomic E-state index is -0.916. The molecule has 21 heavy (non-hydrogen) atoms. The van der Waals surface area contributed by atoms with Crippen LogP contribution in [0.15, 0.2) is 65.4 Å². The SMILES string of the molecule is C=CN=C(CC)/C(CC)=C(\C)C(=C)/C=C\C(=C)C(C)(C)O. The van der Waals surface area contributed by atoms with Crippen molar-refractivity contribution in [1.82, 2.24) is 0 Å². The van der Waals surface area contributed by atoms with E-state index in [1.807, 2.05) is 19.1 Å². The lowest BCUT2D eigenvalue weighted by Crippen LogP contribution is -2.19. The van der Waals surface area contributed by atoms with Crippen molar-refractivity contribution >= 4 is 5.71 Å². The van der Waals surface area contributed by atoms with E-state index in [4.69, 9.17) is 0 Å². The predicted octanol–water partition coefficient (Wildman–Crippen LogP) is 5.15. The topological polar surface area (TPSA) is 32.6 Å². The summed E-state index contributed by atoms with van der Waals surface area (Å²) < 4.78 is 0. The Bertz CT molecular complexity index is 496. The molecule has 0 radical (unpaired) electrons. The molecule has 0 aromatic carbocycles. The summed E-state index contributed by atoms with van der Waals surface area (Å²) in [5.74, 6) is 0. The zero-order valence-corrected chi connectivity index (χ0v) is 14.2. The molecule has 0 aliphatic heterocycles. The van der Waals surface area contributed by atoms with E-state index < -0.39 is 5.60 Å². The van der Waals surface area contributed by atoms with E-state index in [2.05, 4.69) is 38.6 Å². The van der Waals surface area contributed by atoms with E-state index in [0.29, 0.717) is 5.57 Å². The lowest BCUT2D eigenvalue weighted by Gasteiger charge is -2.17. The van der Waals surface area contributed by atoms with E-state index in [1.54, 1.807) is 20.0 Å². The van der Waals surface area contributed by atoms with Gasteiger partial charge < -0.3 is 5.11 Å². The number of aliphatic imine (C=N–C) groups is 1. The summed E-state index contributed by atoms with van der Waals surface area (Å²) in [5.41, 5.74) is 4.00. The third kappa shape index (κ3) is 6.09. The number of allylic oxidation sites excluding steroid dienone is 4. The molecule has 0 aromatic heterocycles. The van der Waals surface area contributed by atoms with E-state index >= 15 is 0 Å². The average molecular weight is 287 g/mol. The molecule has 1 N–H and O–H groups in total. The highest BCUT2D eigenvalue weighted by Gasteiger charge is 2.14. The van der Waals surface area contributed by atoms with E-state index in [0.717, 1.165) is 29.7 Å². The third-order valence-corrected chi connectivity index (χ3v) is 3.49. The predicted molar refractivity (Wildman–Crippen MR) is 94.6 cm³/mol. The Morgan fingerprint density at radius 1 is 1.14 bits per heavy atom. The minimum absolute atomic E-state index is 0.657. The Hall–Kier alpha value is -1.67. The van der Waals surface area contributed by atoms with Gasteiger partial charge in [-0.25, -0.2) is 0 Å². The quantitative estimate of drug-likeness (QED) is 0.486. The maximum absolute atomic E-state index is 9.87. The van der Waals surface area contributed by atoms with Gasteiger partial charge in [0.05, 0.1) is 5.60 Å². The fourth-order valence-electron chi connectivity index (χ4n) is 1.90. The molecular formula is C19H29NO. The fraction of sp³-hybridized carbons (Fsp3) is 0.421. The van der Waals surface area contributed by atoms with Crippen LogP contribution in [0.25, 0.3) is 0 Å². The Balaban J connectivity index is 5.41. The molecule has 0 amide bonds. The van der Waals surface area contributed by atoms with Crippen molar-refractivity contribution in [2.24, 2.45) is 4.99 Å². The Kier molecular flexibility index (Phi) is 7.90. The normalized spacial score (nSPS) is 14.1. The first-order chi connectivity index (χ1) is 9.68. The van der Waals surface area contributed by atoms with Crippen LogP contribution in [0, 0.1) is 0 Å². The highest BCUT2D eigenvalue weighted by Crippen LogP contribution is 2.22. The monoisotopic (exact) mass is 287 g/mol. The largest absolute Gasteiger partial charge is 0.386 e. The summed E-state index contributed by atoms with van der Waals surface area (Å²) in [5, 5.41) is 9.87. The molecule has 0 fully saturated rings. The Morgan fingerprint density at radius 3 is 2.10 bits per heavy atom. The maximum atomic E-state index is 9.87. The minimum Gasteiger partial charge on any atom is -0.386 e. The van der Waals surface area contributed by atoms with Crippen LogP contribution in [-0.2, 0) is 0 Å². The molecule has 0 saturated heterocycles. The van der Waals surface area contributed by atoms with Crippen LogP contribution in [0.1, 0.15) is 47.5 Å². The second-order valence-electron chi connectivity index (χ2n) is 5.51. The molecular weight excluding hydrogens is 258 g/mol. The van der Waals surface area contributed by atoms with Crippen molar-refractivity contribution in [3.63, 3.8) is 0 Å². The first kappa shape index (κ1) is 19.3. The third-order valence-electron chi connectivity index (χ3n) is 3.49. The molecule has 2 nitrogen and oxygen atoms in total. The lowest BCUT2D eigenvalue weighted by molar-refractivity contribution is 0.124. The van der Waals surface area contributed by atoms with Crippen LogP contribution >= 0.6 is 0 Å². The van der Waals surface area contributed by atoms with Crippen molar-refractivity contribution in [3.05, 3.63) is 60.4 Å². The molecule has 0 heterocycles. The van der Waals surface area contributed by atoms with Crippen LogP contribution in [0.2, 0.25) is 0 Å². The second kappa shape index (κ2) is 8.58. The van der Waals surface area contributed by atoms with Gasteiger partial charge in [-0.15, -0.1) is 0 Å². The average Bonchev–Trinajstić information content (AvgIpc) is 2.42. The highest BCUT2D eigenvalue weighted by molar-refractivity contribution is 6.01. The van der Waals surface area contributed by atoms with Crippen molar-refractivity contribution in [2.45, 2.75) is 53.1 Å². The molecule has 0 unspecified atom stereocenters. The van der Waals surface area contributed by atoms with Gasteiger partial charge in [0.25, 0.3) is 0 Å². The standard InChI is InChI=1S/C19H29NO/c1-9-17(18(10-2)20-11-3)16(6)14(4)12-13-15(5)19(7,8)21/h11-13,21H,3-5,9-10H2,1-2,6-8H3/b13-12-,17-16+,20-18?. The number of hydrogen-bond acceptors (Lipinski definition) is 2. The van der Waals surface area contributed by atoms with Crippen molar-refractivity contribution in [2.75, 3.05) is 0 Å². The van der Waals surface area contributed by atoms with Gasteiger partial charge in [0, 0.05) is 11.9 Å². The fourth-order valence-corrected chi connectivity index (χ4v) is 1.90. The Morgan fingerprint density at radius 2 is 1.71 bits per heavy atom. The van der Waals surface area contributed by atoms with Gasteiger partial charge in [0.1, 0.15) is 0 Å². The molecule has 0 bridgehead atoms. The Labute approximate surface area is 130 Å². The molecule has 0 aliphatic carbocycles. The van der Waals surface area contributed by atoms with Crippen molar-refractivity contribution < 1.29 is 5.11 Å². The van der Waals surface area contributed by atoms with Gasteiger partial charge in [0.15, 0.2) is 0 Å². The van der Waals surface area contributed by atoms with E-state index in [9.17, 15) is 5.11 Å². The zero-order chi connectivity index (χ0) is 16.6. The molecule has 0 atom stereocenters. The molecule has 2 heteroatoms. The van der Waals surface area contributed by atoms with Gasteiger partial charge >= 0.3 is 0 Å². The number of nitrogens with zero attached hydrogens (tertiary/aromatic N) is 1. The van der Waals surface area contributed by atoms with Gasteiger partial charge in [0.2, 0.25) is 0 Å². The number of rotatable bonds is 8. The van der Waals surface area contributed by atoms with E-state index in [1.165, 1.54) is 5.57 Å². The maximum Gasteiger partial charge on any atom is 0.0834 e. The molecule has 116 valence electrons. The van der Waals surface area contributed by atoms with Crippen molar-refractivity contribution in [1.29, 1.82) is 0 Å².